The maximum absolute atomic E-state index is 14.9. The summed E-state index contributed by atoms with van der Waals surface area (Å²) >= 11 is 0. The zero-order chi connectivity index (χ0) is 24.9. The highest BCUT2D eigenvalue weighted by Gasteiger charge is 2.21. The van der Waals surface area contributed by atoms with Crippen LogP contribution in [0.4, 0.5) is 20.5 Å². The standard InChI is InChI=1S/C26H29F2N7/c1-14(2)34-9-8-21-17(13-34)6-7-23(31-21)32-26-29-12-20(28)24(33-26)18-10-19(27)25-22(11-18)35(15(3)4)16(5)30-25/h6-7,10-12,14-15H,8-9,13H2,1-5H3,(H,29,31,32,33). The lowest BCUT2D eigenvalue weighted by molar-refractivity contribution is 0.202. The molecule has 0 unspecified atom stereocenters. The summed E-state index contributed by atoms with van der Waals surface area (Å²) in [6.45, 7) is 12.0. The first-order valence-electron chi connectivity index (χ1n) is 11.9. The lowest BCUT2D eigenvalue weighted by Gasteiger charge is -2.31. The third-order valence-corrected chi connectivity index (χ3v) is 6.51. The zero-order valence-corrected chi connectivity index (χ0v) is 20.6. The van der Waals surface area contributed by atoms with Crippen molar-refractivity contribution in [1.29, 1.82) is 0 Å². The second-order valence-corrected chi connectivity index (χ2v) is 9.58. The average Bonchev–Trinajstić information content (AvgIpc) is 3.16. The van der Waals surface area contributed by atoms with E-state index in [0.29, 0.717) is 28.8 Å². The van der Waals surface area contributed by atoms with E-state index in [1.165, 1.54) is 11.6 Å². The van der Waals surface area contributed by atoms with Gasteiger partial charge in [-0.05, 0) is 58.4 Å². The maximum atomic E-state index is 14.9. The number of halogens is 2. The van der Waals surface area contributed by atoms with Crippen LogP contribution in [0.2, 0.25) is 0 Å². The van der Waals surface area contributed by atoms with E-state index in [-0.39, 0.29) is 23.2 Å². The van der Waals surface area contributed by atoms with Crippen molar-refractivity contribution in [2.24, 2.45) is 0 Å². The number of pyridine rings is 1. The largest absolute Gasteiger partial charge is 0.326 e. The number of rotatable bonds is 5. The van der Waals surface area contributed by atoms with Gasteiger partial charge in [0.15, 0.2) is 11.6 Å². The van der Waals surface area contributed by atoms with E-state index in [4.69, 9.17) is 4.98 Å². The Balaban J connectivity index is 1.47. The van der Waals surface area contributed by atoms with Crippen molar-refractivity contribution in [2.75, 3.05) is 11.9 Å². The van der Waals surface area contributed by atoms with Crippen LogP contribution in [0.15, 0.2) is 30.5 Å². The highest BCUT2D eigenvalue weighted by atomic mass is 19.1. The van der Waals surface area contributed by atoms with Crippen molar-refractivity contribution in [3.8, 4) is 11.3 Å². The number of anilines is 2. The second-order valence-electron chi connectivity index (χ2n) is 9.58. The van der Waals surface area contributed by atoms with Crippen LogP contribution >= 0.6 is 0 Å². The number of hydrogen-bond donors (Lipinski definition) is 1. The van der Waals surface area contributed by atoms with Crippen LogP contribution in [-0.4, -0.2) is 42.0 Å². The van der Waals surface area contributed by atoms with Gasteiger partial charge in [0.05, 0.1) is 11.7 Å². The molecule has 182 valence electrons. The lowest BCUT2D eigenvalue weighted by atomic mass is 10.0. The molecule has 0 atom stereocenters. The van der Waals surface area contributed by atoms with Gasteiger partial charge in [-0.1, -0.05) is 6.07 Å². The fraction of sp³-hybridized carbons (Fsp3) is 0.385. The third-order valence-electron chi connectivity index (χ3n) is 6.51. The smallest absolute Gasteiger partial charge is 0.229 e. The molecule has 1 N–H and O–H groups in total. The first-order valence-corrected chi connectivity index (χ1v) is 11.9. The molecule has 4 aromatic rings. The molecule has 5 rings (SSSR count). The van der Waals surface area contributed by atoms with Gasteiger partial charge in [-0.15, -0.1) is 0 Å². The summed E-state index contributed by atoms with van der Waals surface area (Å²) in [5.74, 6) is 0.344. The normalized spacial score (nSPS) is 14.2. The first-order chi connectivity index (χ1) is 16.7. The van der Waals surface area contributed by atoms with E-state index in [2.05, 4.69) is 45.1 Å². The fourth-order valence-corrected chi connectivity index (χ4v) is 4.75. The van der Waals surface area contributed by atoms with E-state index in [1.807, 2.05) is 31.4 Å². The fourth-order valence-electron chi connectivity index (χ4n) is 4.75. The molecule has 1 aromatic carbocycles. The zero-order valence-electron chi connectivity index (χ0n) is 20.6. The Bertz CT molecular complexity index is 1410. The molecule has 0 amide bonds. The van der Waals surface area contributed by atoms with Gasteiger partial charge in [0.25, 0.3) is 0 Å². The number of benzene rings is 1. The SMILES string of the molecule is Cc1nc2c(F)cc(-c3nc(Nc4ccc5c(n4)CCN(C(C)C)C5)ncc3F)cc2n1C(C)C. The van der Waals surface area contributed by atoms with Crippen LogP contribution in [0.5, 0.6) is 0 Å². The number of imidazole rings is 1. The summed E-state index contributed by atoms with van der Waals surface area (Å²) < 4.78 is 31.7. The van der Waals surface area contributed by atoms with Gasteiger partial charge in [0.2, 0.25) is 5.95 Å². The van der Waals surface area contributed by atoms with Gasteiger partial charge in [-0.3, -0.25) is 4.90 Å². The summed E-state index contributed by atoms with van der Waals surface area (Å²) in [7, 11) is 0. The van der Waals surface area contributed by atoms with Crippen LogP contribution in [0.1, 0.15) is 50.8 Å². The molecule has 0 saturated heterocycles. The first kappa shape index (κ1) is 23.3. The van der Waals surface area contributed by atoms with Crippen LogP contribution in [0, 0.1) is 18.6 Å². The minimum Gasteiger partial charge on any atom is -0.326 e. The molecule has 0 aliphatic carbocycles. The molecule has 3 aromatic heterocycles. The molecular weight excluding hydrogens is 448 g/mol. The van der Waals surface area contributed by atoms with Crippen molar-refractivity contribution < 1.29 is 8.78 Å². The van der Waals surface area contributed by atoms with Gasteiger partial charge in [-0.2, -0.15) is 0 Å². The maximum Gasteiger partial charge on any atom is 0.229 e. The summed E-state index contributed by atoms with van der Waals surface area (Å²) in [5, 5.41) is 3.09. The molecular formula is C26H29F2N7. The van der Waals surface area contributed by atoms with Crippen molar-refractivity contribution in [2.45, 2.75) is 59.7 Å². The summed E-state index contributed by atoms with van der Waals surface area (Å²) in [6.07, 6.45) is 1.96. The predicted molar refractivity (Wildman–Crippen MR) is 133 cm³/mol. The van der Waals surface area contributed by atoms with E-state index in [9.17, 15) is 8.78 Å². The number of aryl methyl sites for hydroxylation is 1. The van der Waals surface area contributed by atoms with Crippen LogP contribution < -0.4 is 5.32 Å². The van der Waals surface area contributed by atoms with E-state index in [1.54, 1.807) is 6.07 Å². The topological polar surface area (TPSA) is 71.8 Å². The number of fused-ring (bicyclic) bond motifs is 2. The average molecular weight is 478 g/mol. The van der Waals surface area contributed by atoms with Gasteiger partial charge < -0.3 is 9.88 Å². The summed E-state index contributed by atoms with van der Waals surface area (Å²) in [4.78, 5) is 20.0. The molecule has 1 aliphatic rings. The minimum atomic E-state index is -0.631. The van der Waals surface area contributed by atoms with Gasteiger partial charge >= 0.3 is 0 Å². The Morgan fingerprint density at radius 1 is 0.971 bits per heavy atom. The van der Waals surface area contributed by atoms with Crippen LogP contribution in [0.3, 0.4) is 0 Å². The molecule has 0 saturated carbocycles. The van der Waals surface area contributed by atoms with Crippen LogP contribution in [0.25, 0.3) is 22.3 Å². The Morgan fingerprint density at radius 3 is 2.51 bits per heavy atom. The molecule has 9 heteroatoms. The summed E-state index contributed by atoms with van der Waals surface area (Å²) in [5.41, 5.74) is 3.46. The van der Waals surface area contributed by atoms with Gasteiger partial charge in [-0.25, -0.2) is 28.7 Å². The molecule has 4 heterocycles. The molecule has 7 nitrogen and oxygen atoms in total. The molecule has 0 spiro atoms. The molecule has 1 aliphatic heterocycles. The monoisotopic (exact) mass is 477 g/mol. The third kappa shape index (κ3) is 4.36. The lowest BCUT2D eigenvalue weighted by Crippen LogP contribution is -2.36. The minimum absolute atomic E-state index is 0.0167. The van der Waals surface area contributed by atoms with Crippen molar-refractivity contribution in [3.05, 3.63) is 59.2 Å². The number of hydrogen-bond acceptors (Lipinski definition) is 6. The molecule has 0 radical (unpaired) electrons. The van der Waals surface area contributed by atoms with Crippen molar-refractivity contribution in [3.63, 3.8) is 0 Å². The van der Waals surface area contributed by atoms with Crippen molar-refractivity contribution in [1.82, 2.24) is 29.4 Å². The molecule has 35 heavy (non-hydrogen) atoms. The number of nitrogens with zero attached hydrogens (tertiary/aromatic N) is 6. The second kappa shape index (κ2) is 8.96. The Kier molecular flexibility index (Phi) is 5.96. The van der Waals surface area contributed by atoms with E-state index < -0.39 is 11.6 Å². The summed E-state index contributed by atoms with van der Waals surface area (Å²) in [6, 6.07) is 7.49. The number of aromatic nitrogens is 5. The predicted octanol–water partition coefficient (Wildman–Crippen LogP) is 5.57. The Hall–Kier alpha value is -3.46. The Morgan fingerprint density at radius 2 is 1.77 bits per heavy atom. The Labute approximate surface area is 203 Å². The van der Waals surface area contributed by atoms with E-state index in [0.717, 1.165) is 31.4 Å². The van der Waals surface area contributed by atoms with E-state index >= 15 is 0 Å². The van der Waals surface area contributed by atoms with Gasteiger partial charge in [0.1, 0.15) is 22.9 Å². The van der Waals surface area contributed by atoms with Crippen LogP contribution in [-0.2, 0) is 13.0 Å². The van der Waals surface area contributed by atoms with Crippen molar-refractivity contribution >= 4 is 22.8 Å². The molecule has 0 bridgehead atoms. The highest BCUT2D eigenvalue weighted by molar-refractivity contribution is 5.83. The highest BCUT2D eigenvalue weighted by Crippen LogP contribution is 2.30. The van der Waals surface area contributed by atoms with Gasteiger partial charge in [0, 0.05) is 42.9 Å². The molecule has 0 fully saturated rings. The number of nitrogens with one attached hydrogen (secondary N) is 1. The quantitative estimate of drug-likeness (QED) is 0.405.